The maximum absolute atomic E-state index is 14.1. The Bertz CT molecular complexity index is 1980. The summed E-state index contributed by atoms with van der Waals surface area (Å²) in [5.74, 6) is -0.330. The van der Waals surface area contributed by atoms with Crippen LogP contribution < -0.4 is 22.1 Å². The molecule has 2 aromatic heterocycles. The normalized spacial score (nSPS) is 19.1. The number of urea groups is 1. The van der Waals surface area contributed by atoms with Gasteiger partial charge in [0.05, 0.1) is 34.0 Å². The van der Waals surface area contributed by atoms with Crippen molar-refractivity contribution in [2.24, 2.45) is 0 Å². The fourth-order valence-corrected chi connectivity index (χ4v) is 8.34. The Kier molecular flexibility index (Phi) is 10.0. The van der Waals surface area contributed by atoms with Crippen LogP contribution in [0.3, 0.4) is 0 Å². The van der Waals surface area contributed by atoms with E-state index in [0.29, 0.717) is 56.1 Å². The minimum Gasteiger partial charge on any atom is -0.397 e. The maximum atomic E-state index is 14.1. The van der Waals surface area contributed by atoms with E-state index in [9.17, 15) is 27.6 Å². The molecule has 0 spiro atoms. The van der Waals surface area contributed by atoms with Crippen LogP contribution >= 0.6 is 15.9 Å². The summed E-state index contributed by atoms with van der Waals surface area (Å²) in [6.07, 6.45) is -0.606. The molecule has 7 rings (SSSR count). The fraction of sp³-hybridized carbons (Fsp3) is 0.486. The number of carbonyl (C=O) groups excluding carboxylic acids is 2. The first-order chi connectivity index (χ1) is 24.5. The topological polar surface area (TPSA) is 145 Å². The molecule has 5 heterocycles. The Morgan fingerprint density at radius 2 is 1.65 bits per heavy atom. The molecule has 0 saturated carbocycles. The lowest BCUT2D eigenvalue weighted by Crippen LogP contribution is -2.57. The lowest BCUT2D eigenvalue weighted by Gasteiger charge is -2.41. The molecule has 51 heavy (non-hydrogen) atoms. The highest BCUT2D eigenvalue weighted by Gasteiger charge is 2.37. The number of alkyl halides is 3. The number of halogens is 4. The number of aromatic nitrogens is 3. The average Bonchev–Trinajstić information content (AvgIpc) is 3.48. The third kappa shape index (κ3) is 7.31. The van der Waals surface area contributed by atoms with Gasteiger partial charge in [0.25, 0.3) is 0 Å². The highest BCUT2D eigenvalue weighted by Crippen LogP contribution is 2.38. The molecule has 16 heteroatoms. The first-order valence-electron chi connectivity index (χ1n) is 17.4. The highest BCUT2D eigenvalue weighted by molar-refractivity contribution is 9.10. The molecule has 12 nitrogen and oxygen atoms in total. The molecule has 3 amide bonds. The van der Waals surface area contributed by atoms with E-state index in [-0.39, 0.29) is 34.1 Å². The number of nitrogens with zero attached hydrogens (tertiary/aromatic N) is 5. The van der Waals surface area contributed by atoms with Crippen molar-refractivity contribution in [2.45, 2.75) is 56.4 Å². The fourth-order valence-electron chi connectivity index (χ4n) is 7.83. The van der Waals surface area contributed by atoms with Gasteiger partial charge >= 0.3 is 17.9 Å². The molecule has 272 valence electrons. The van der Waals surface area contributed by atoms with Crippen molar-refractivity contribution in [1.82, 2.24) is 39.9 Å². The quantitative estimate of drug-likeness (QED) is 0.216. The number of carbonyl (C=O) groups is 2. The average molecular weight is 773 g/mol. The molecule has 2 aromatic carbocycles. The molecule has 0 radical (unpaired) electrons. The number of piperazine rings is 1. The largest absolute Gasteiger partial charge is 0.418 e. The SMILES string of the molecule is Nc1c(Br)cc(CC(NC(=O)N2CCC(n3c(=O)[nH]c4c5ccccc5ncc43)CC2)C(=O)N2CCC(N3CCNCC3)CC2)cc1C(F)(F)F. The first-order valence-corrected chi connectivity index (χ1v) is 18.2. The van der Waals surface area contributed by atoms with E-state index in [4.69, 9.17) is 5.73 Å². The second-order valence-corrected chi connectivity index (χ2v) is 14.5. The molecule has 4 aromatic rings. The van der Waals surface area contributed by atoms with Crippen molar-refractivity contribution in [2.75, 3.05) is 58.1 Å². The van der Waals surface area contributed by atoms with E-state index < -0.39 is 29.5 Å². The van der Waals surface area contributed by atoms with Crippen molar-refractivity contribution < 1.29 is 22.8 Å². The predicted octanol–water partition coefficient (Wildman–Crippen LogP) is 4.10. The number of aromatic amines is 1. The van der Waals surface area contributed by atoms with Crippen molar-refractivity contribution in [3.05, 3.63) is 68.7 Å². The molecule has 3 aliphatic rings. The van der Waals surface area contributed by atoms with Crippen molar-refractivity contribution in [3.8, 4) is 0 Å². The summed E-state index contributed by atoms with van der Waals surface area (Å²) in [7, 11) is 0. The van der Waals surface area contributed by atoms with Gasteiger partial charge in [-0.25, -0.2) is 9.59 Å². The van der Waals surface area contributed by atoms with E-state index in [2.05, 4.69) is 41.4 Å². The number of nitrogen functional groups attached to an aromatic ring is 1. The zero-order chi connectivity index (χ0) is 35.9. The Balaban J connectivity index is 1.07. The van der Waals surface area contributed by atoms with E-state index in [1.165, 1.54) is 6.07 Å². The Morgan fingerprint density at radius 1 is 0.980 bits per heavy atom. The van der Waals surface area contributed by atoms with E-state index in [0.717, 1.165) is 56.0 Å². The number of rotatable bonds is 6. The summed E-state index contributed by atoms with van der Waals surface area (Å²) in [4.78, 5) is 54.2. The Labute approximate surface area is 300 Å². The number of H-pyrrole nitrogens is 1. The number of piperidine rings is 2. The molecule has 0 aliphatic carbocycles. The molecule has 3 fully saturated rings. The monoisotopic (exact) mass is 771 g/mol. The van der Waals surface area contributed by atoms with Crippen molar-refractivity contribution in [1.29, 1.82) is 0 Å². The van der Waals surface area contributed by atoms with Gasteiger partial charge in [0, 0.05) is 80.7 Å². The van der Waals surface area contributed by atoms with Gasteiger partial charge in [-0.1, -0.05) is 18.2 Å². The van der Waals surface area contributed by atoms with E-state index in [1.807, 2.05) is 24.3 Å². The van der Waals surface area contributed by atoms with Gasteiger partial charge < -0.3 is 31.2 Å². The lowest BCUT2D eigenvalue weighted by molar-refractivity contribution is -0.137. The standard InChI is InChI=1S/C35H41BrF3N9O3/c36-26-18-21(17-25(30(26)40)35(37,38)39)19-28(32(49)46-11-5-22(6-12-46)45-15-9-41-10-16-45)43-33(50)47-13-7-23(8-14-47)48-29-20-42-27-4-2-1-3-24(27)31(29)44-34(48)51/h1-4,17-18,20,22-23,28,41H,5-16,19,40H2,(H,43,50)(H,44,51). The number of nitrogens with two attached hydrogens (primary N) is 1. The molecule has 1 unspecified atom stereocenters. The zero-order valence-electron chi connectivity index (χ0n) is 28.0. The van der Waals surface area contributed by atoms with Gasteiger partial charge in [-0.05, 0) is 65.4 Å². The number of nitrogens with one attached hydrogen (secondary N) is 3. The minimum atomic E-state index is -4.70. The highest BCUT2D eigenvalue weighted by atomic mass is 79.9. The van der Waals surface area contributed by atoms with E-state index >= 15 is 0 Å². The Hall–Kier alpha value is -4.15. The van der Waals surface area contributed by atoms with Gasteiger partial charge in [-0.15, -0.1) is 0 Å². The number of pyridine rings is 1. The number of imidazole rings is 1. The number of amides is 3. The number of likely N-dealkylation sites (tertiary alicyclic amines) is 2. The third-order valence-electron chi connectivity index (χ3n) is 10.6. The smallest absolute Gasteiger partial charge is 0.397 e. The van der Waals surface area contributed by atoms with Gasteiger partial charge in [-0.3, -0.25) is 19.2 Å². The summed E-state index contributed by atoms with van der Waals surface area (Å²) in [6.45, 7) is 5.37. The molecular weight excluding hydrogens is 731 g/mol. The van der Waals surface area contributed by atoms with Crippen molar-refractivity contribution >= 4 is 55.5 Å². The summed E-state index contributed by atoms with van der Waals surface area (Å²) in [5.41, 5.74) is 6.48. The van der Waals surface area contributed by atoms with E-state index in [1.54, 1.807) is 20.6 Å². The van der Waals surface area contributed by atoms with Crippen LogP contribution in [0.15, 0.2) is 51.9 Å². The zero-order valence-corrected chi connectivity index (χ0v) is 29.6. The van der Waals surface area contributed by atoms with Crippen molar-refractivity contribution in [3.63, 3.8) is 0 Å². The number of anilines is 1. The predicted molar refractivity (Wildman–Crippen MR) is 191 cm³/mol. The second kappa shape index (κ2) is 14.5. The van der Waals surface area contributed by atoms with Crippen LogP contribution in [0.1, 0.15) is 42.9 Å². The maximum Gasteiger partial charge on any atom is 0.418 e. The van der Waals surface area contributed by atoms with Gasteiger partial charge in [-0.2, -0.15) is 13.2 Å². The number of para-hydroxylation sites is 1. The second-order valence-electron chi connectivity index (χ2n) is 13.6. The number of benzene rings is 2. The summed E-state index contributed by atoms with van der Waals surface area (Å²) < 4.78 is 43.4. The molecule has 3 aliphatic heterocycles. The molecular formula is C35H41BrF3N9O3. The van der Waals surface area contributed by atoms with Gasteiger partial charge in [0.1, 0.15) is 6.04 Å². The van der Waals surface area contributed by atoms with Crippen LogP contribution in [-0.4, -0.2) is 106 Å². The first kappa shape index (κ1) is 35.3. The summed E-state index contributed by atoms with van der Waals surface area (Å²) in [5, 5.41) is 7.08. The third-order valence-corrected chi connectivity index (χ3v) is 11.2. The van der Waals surface area contributed by atoms with Crippen LogP contribution in [0.25, 0.3) is 21.9 Å². The van der Waals surface area contributed by atoms with Crippen LogP contribution in [-0.2, 0) is 17.4 Å². The van der Waals surface area contributed by atoms with Crippen LogP contribution in [0.4, 0.5) is 23.7 Å². The summed E-state index contributed by atoms with van der Waals surface area (Å²) in [6, 6.07) is 8.60. The molecule has 1 atom stereocenters. The van der Waals surface area contributed by atoms with Crippen LogP contribution in [0, 0.1) is 0 Å². The summed E-state index contributed by atoms with van der Waals surface area (Å²) >= 11 is 3.15. The molecule has 3 saturated heterocycles. The van der Waals surface area contributed by atoms with Crippen LogP contribution in [0.2, 0.25) is 0 Å². The van der Waals surface area contributed by atoms with Crippen LogP contribution in [0.5, 0.6) is 0 Å². The molecule has 0 bridgehead atoms. The van der Waals surface area contributed by atoms with Gasteiger partial charge in [0.15, 0.2) is 0 Å². The Morgan fingerprint density at radius 3 is 2.35 bits per heavy atom. The molecule has 5 N–H and O–H groups in total. The number of fused-ring (bicyclic) bond motifs is 3. The number of hydrogen-bond acceptors (Lipinski definition) is 7. The number of hydrogen-bond donors (Lipinski definition) is 4. The lowest BCUT2D eigenvalue weighted by atomic mass is 9.98. The van der Waals surface area contributed by atoms with Gasteiger partial charge in [0.2, 0.25) is 5.91 Å². The minimum absolute atomic E-state index is 0.0690.